The fraction of sp³-hybridized carbons (Fsp3) is 0.368. The summed E-state index contributed by atoms with van der Waals surface area (Å²) < 4.78 is 44.8. The van der Waals surface area contributed by atoms with Crippen molar-refractivity contribution in [2.75, 3.05) is 23.7 Å². The van der Waals surface area contributed by atoms with Crippen LogP contribution in [-0.4, -0.2) is 19.2 Å². The molecular weight excluding hydrogens is 329 g/mol. The molecule has 0 aliphatic carbocycles. The first-order chi connectivity index (χ1) is 11.9. The molecule has 0 amide bonds. The number of anilines is 2. The lowest BCUT2D eigenvalue weighted by Crippen LogP contribution is -2.37. The van der Waals surface area contributed by atoms with Crippen LogP contribution in [0, 0.1) is 0 Å². The summed E-state index contributed by atoms with van der Waals surface area (Å²) in [5.41, 5.74) is 6.72. The Balaban J connectivity index is 1.58. The van der Waals surface area contributed by atoms with Crippen molar-refractivity contribution in [2.24, 2.45) is 0 Å². The van der Waals surface area contributed by atoms with E-state index in [0.29, 0.717) is 25.4 Å². The zero-order valence-electron chi connectivity index (χ0n) is 13.8. The van der Waals surface area contributed by atoms with E-state index in [4.69, 9.17) is 10.5 Å². The summed E-state index contributed by atoms with van der Waals surface area (Å²) in [6, 6.07) is 13.7. The van der Waals surface area contributed by atoms with Crippen LogP contribution in [0.3, 0.4) is 0 Å². The summed E-state index contributed by atoms with van der Waals surface area (Å²) in [6.07, 6.45) is -2.70. The monoisotopic (exact) mass is 350 g/mol. The fourth-order valence-corrected chi connectivity index (χ4v) is 3.05. The van der Waals surface area contributed by atoms with E-state index in [2.05, 4.69) is 0 Å². The molecule has 0 saturated carbocycles. The van der Waals surface area contributed by atoms with Gasteiger partial charge in [0.2, 0.25) is 0 Å². The first-order valence-corrected chi connectivity index (χ1v) is 8.30. The van der Waals surface area contributed by atoms with Gasteiger partial charge in [-0.25, -0.2) is 0 Å². The Hall–Kier alpha value is -2.21. The van der Waals surface area contributed by atoms with Crippen LogP contribution in [0.25, 0.3) is 0 Å². The highest BCUT2D eigenvalue weighted by atomic mass is 19.4. The lowest BCUT2D eigenvalue weighted by atomic mass is 10.1. The van der Waals surface area contributed by atoms with Crippen molar-refractivity contribution in [1.29, 1.82) is 0 Å². The molecule has 0 spiro atoms. The highest BCUT2D eigenvalue weighted by Crippen LogP contribution is 2.34. The minimum atomic E-state index is -4.39. The Kier molecular flexibility index (Phi) is 5.18. The van der Waals surface area contributed by atoms with Crippen LogP contribution in [-0.2, 0) is 17.5 Å². The van der Waals surface area contributed by atoms with E-state index in [1.165, 1.54) is 6.07 Å². The molecule has 1 heterocycles. The van der Waals surface area contributed by atoms with Crippen LogP contribution < -0.4 is 10.6 Å². The molecule has 2 aromatic rings. The number of halogens is 3. The van der Waals surface area contributed by atoms with Crippen LogP contribution in [0.15, 0.2) is 48.5 Å². The fourth-order valence-electron chi connectivity index (χ4n) is 3.05. The van der Waals surface area contributed by atoms with Gasteiger partial charge in [-0.1, -0.05) is 30.3 Å². The Morgan fingerprint density at radius 1 is 1.04 bits per heavy atom. The molecule has 1 aliphatic rings. The molecule has 0 aromatic heterocycles. The van der Waals surface area contributed by atoms with Crippen molar-refractivity contribution in [3.8, 4) is 0 Å². The van der Waals surface area contributed by atoms with E-state index in [1.807, 2.05) is 35.2 Å². The minimum absolute atomic E-state index is 0.125. The van der Waals surface area contributed by atoms with E-state index in [1.54, 1.807) is 6.07 Å². The van der Waals surface area contributed by atoms with E-state index in [0.717, 1.165) is 24.5 Å². The number of hydrogen-bond donors (Lipinski definition) is 1. The van der Waals surface area contributed by atoms with Gasteiger partial charge in [0.15, 0.2) is 0 Å². The minimum Gasteiger partial charge on any atom is -0.399 e. The van der Waals surface area contributed by atoms with Gasteiger partial charge >= 0.3 is 6.18 Å². The third kappa shape index (κ3) is 4.66. The second-order valence-electron chi connectivity index (χ2n) is 6.29. The molecule has 1 saturated heterocycles. The zero-order valence-corrected chi connectivity index (χ0v) is 13.8. The van der Waals surface area contributed by atoms with Crippen LogP contribution in [0.4, 0.5) is 24.5 Å². The number of piperidine rings is 1. The van der Waals surface area contributed by atoms with Gasteiger partial charge < -0.3 is 15.4 Å². The maximum Gasteiger partial charge on any atom is 0.416 e. The summed E-state index contributed by atoms with van der Waals surface area (Å²) in [6.45, 7) is 1.86. The van der Waals surface area contributed by atoms with Crippen LogP contribution >= 0.6 is 0 Å². The van der Waals surface area contributed by atoms with E-state index < -0.39 is 11.7 Å². The average Bonchev–Trinajstić information content (AvgIpc) is 2.60. The Morgan fingerprint density at radius 2 is 1.72 bits per heavy atom. The highest BCUT2D eigenvalue weighted by Gasteiger charge is 2.32. The van der Waals surface area contributed by atoms with Gasteiger partial charge in [-0.05, 0) is 36.6 Å². The van der Waals surface area contributed by atoms with Crippen molar-refractivity contribution in [2.45, 2.75) is 31.7 Å². The molecule has 1 fully saturated rings. The Bertz CT molecular complexity index is 696. The average molecular weight is 350 g/mol. The standard InChI is InChI=1S/C19H21F3N2O/c20-19(21,22)15-10-16(23)12-17(11-15)24-8-6-18(7-9-24)25-13-14-4-2-1-3-5-14/h1-5,10-12,18H,6-9,13,23H2. The molecule has 2 N–H and O–H groups in total. The largest absolute Gasteiger partial charge is 0.416 e. The zero-order chi connectivity index (χ0) is 17.9. The molecule has 0 unspecified atom stereocenters. The molecule has 134 valence electrons. The SMILES string of the molecule is Nc1cc(N2CCC(OCc3ccccc3)CC2)cc(C(F)(F)F)c1. The van der Waals surface area contributed by atoms with Crippen LogP contribution in [0.5, 0.6) is 0 Å². The molecule has 3 rings (SSSR count). The number of benzene rings is 2. The molecular formula is C19H21F3N2O. The molecule has 0 bridgehead atoms. The second kappa shape index (κ2) is 7.35. The first kappa shape index (κ1) is 17.6. The topological polar surface area (TPSA) is 38.5 Å². The summed E-state index contributed by atoms with van der Waals surface area (Å²) in [5.74, 6) is 0. The van der Waals surface area contributed by atoms with Crippen LogP contribution in [0.2, 0.25) is 0 Å². The molecule has 3 nitrogen and oxygen atoms in total. The van der Waals surface area contributed by atoms with Crippen molar-refractivity contribution < 1.29 is 17.9 Å². The predicted molar refractivity (Wildman–Crippen MR) is 92.3 cm³/mol. The van der Waals surface area contributed by atoms with Gasteiger partial charge in [0.1, 0.15) is 0 Å². The normalized spacial score (nSPS) is 16.2. The predicted octanol–water partition coefficient (Wildman–Crippen LogP) is 4.47. The second-order valence-corrected chi connectivity index (χ2v) is 6.29. The summed E-state index contributed by atoms with van der Waals surface area (Å²) in [5, 5.41) is 0. The molecule has 2 aromatic carbocycles. The highest BCUT2D eigenvalue weighted by molar-refractivity contribution is 5.59. The number of ether oxygens (including phenoxy) is 1. The summed E-state index contributed by atoms with van der Waals surface area (Å²) >= 11 is 0. The van der Waals surface area contributed by atoms with Crippen molar-refractivity contribution in [3.63, 3.8) is 0 Å². The molecule has 1 aliphatic heterocycles. The molecule has 6 heteroatoms. The van der Waals surface area contributed by atoms with Gasteiger partial charge in [0.25, 0.3) is 0 Å². The van der Waals surface area contributed by atoms with Gasteiger partial charge in [0.05, 0.1) is 18.3 Å². The maximum atomic E-state index is 12.9. The molecule has 0 radical (unpaired) electrons. The first-order valence-electron chi connectivity index (χ1n) is 8.30. The number of rotatable bonds is 4. The lowest BCUT2D eigenvalue weighted by molar-refractivity contribution is -0.137. The Morgan fingerprint density at radius 3 is 2.36 bits per heavy atom. The van der Waals surface area contributed by atoms with Crippen LogP contribution in [0.1, 0.15) is 24.0 Å². The quantitative estimate of drug-likeness (QED) is 0.827. The third-order valence-electron chi connectivity index (χ3n) is 4.40. The molecule has 0 atom stereocenters. The van der Waals surface area contributed by atoms with Gasteiger partial charge in [0, 0.05) is 24.5 Å². The van der Waals surface area contributed by atoms with Crippen molar-refractivity contribution in [1.82, 2.24) is 0 Å². The molecule has 25 heavy (non-hydrogen) atoms. The van der Waals surface area contributed by atoms with E-state index >= 15 is 0 Å². The smallest absolute Gasteiger partial charge is 0.399 e. The van der Waals surface area contributed by atoms with Gasteiger partial charge in [-0.2, -0.15) is 13.2 Å². The van der Waals surface area contributed by atoms with Gasteiger partial charge in [-0.15, -0.1) is 0 Å². The Labute approximate surface area is 145 Å². The van der Waals surface area contributed by atoms with E-state index in [-0.39, 0.29) is 11.8 Å². The van der Waals surface area contributed by atoms with E-state index in [9.17, 15) is 13.2 Å². The number of hydrogen-bond acceptors (Lipinski definition) is 3. The van der Waals surface area contributed by atoms with Crippen molar-refractivity contribution in [3.05, 3.63) is 59.7 Å². The number of nitrogens with zero attached hydrogens (tertiary/aromatic N) is 1. The lowest BCUT2D eigenvalue weighted by Gasteiger charge is -2.34. The van der Waals surface area contributed by atoms with Crippen molar-refractivity contribution >= 4 is 11.4 Å². The summed E-state index contributed by atoms with van der Waals surface area (Å²) in [4.78, 5) is 1.94. The van der Waals surface area contributed by atoms with Gasteiger partial charge in [-0.3, -0.25) is 0 Å². The number of nitrogen functional groups attached to an aromatic ring is 1. The number of alkyl halides is 3. The third-order valence-corrected chi connectivity index (χ3v) is 4.40. The maximum absolute atomic E-state index is 12.9. The summed E-state index contributed by atoms with van der Waals surface area (Å²) in [7, 11) is 0. The number of nitrogens with two attached hydrogens (primary N) is 1.